The van der Waals surface area contributed by atoms with E-state index in [-0.39, 0.29) is 19.1 Å². The number of amides is 1. The third-order valence-corrected chi connectivity index (χ3v) is 4.11. The molecule has 0 atom stereocenters. The minimum absolute atomic E-state index is 0.0224. The van der Waals surface area contributed by atoms with Gasteiger partial charge in [0.15, 0.2) is 0 Å². The smallest absolute Gasteiger partial charge is 0.412 e. The molecule has 0 spiro atoms. The Morgan fingerprint density at radius 1 is 1.17 bits per heavy atom. The Morgan fingerprint density at radius 3 is 2.59 bits per heavy atom. The monoisotopic (exact) mass is 415 g/mol. The number of fused-ring (bicyclic) bond motifs is 1. The number of benzene rings is 2. The first-order valence-corrected chi connectivity index (χ1v) is 9.44. The summed E-state index contributed by atoms with van der Waals surface area (Å²) in [7, 11) is 0. The molecule has 0 radical (unpaired) electrons. The van der Waals surface area contributed by atoms with Crippen molar-refractivity contribution >= 4 is 40.3 Å². The van der Waals surface area contributed by atoms with E-state index in [0.29, 0.717) is 16.2 Å². The van der Waals surface area contributed by atoms with Crippen molar-refractivity contribution in [1.82, 2.24) is 9.78 Å². The van der Waals surface area contributed by atoms with E-state index >= 15 is 0 Å². The highest BCUT2D eigenvalue weighted by atomic mass is 35.5. The van der Waals surface area contributed by atoms with Crippen molar-refractivity contribution in [2.45, 2.75) is 39.5 Å². The summed E-state index contributed by atoms with van der Waals surface area (Å²) in [4.78, 5) is 24.1. The van der Waals surface area contributed by atoms with Crippen LogP contribution in [0.2, 0.25) is 5.02 Å². The average Bonchev–Trinajstić information content (AvgIpc) is 3.00. The summed E-state index contributed by atoms with van der Waals surface area (Å²) in [5.74, 6) is -0.390. The number of carbonyl (C=O) groups is 2. The first-order chi connectivity index (χ1) is 13.7. The van der Waals surface area contributed by atoms with E-state index in [4.69, 9.17) is 21.1 Å². The third kappa shape index (κ3) is 5.96. The molecule has 152 valence electrons. The molecule has 1 N–H and O–H groups in total. The number of nitrogens with one attached hydrogen (secondary N) is 1. The predicted octanol–water partition coefficient (Wildman–Crippen LogP) is 4.78. The van der Waals surface area contributed by atoms with Crippen molar-refractivity contribution < 1.29 is 19.1 Å². The normalized spacial score (nSPS) is 11.3. The van der Waals surface area contributed by atoms with E-state index < -0.39 is 11.7 Å². The second-order valence-corrected chi connectivity index (χ2v) is 7.90. The molecule has 1 heterocycles. The van der Waals surface area contributed by atoms with Gasteiger partial charge in [-0.2, -0.15) is 5.10 Å². The molecule has 8 heteroatoms. The molecule has 0 aliphatic heterocycles. The summed E-state index contributed by atoms with van der Waals surface area (Å²) in [6.45, 7) is 5.54. The summed E-state index contributed by atoms with van der Waals surface area (Å²) in [5, 5.41) is 7.99. The quantitative estimate of drug-likeness (QED) is 0.606. The summed E-state index contributed by atoms with van der Waals surface area (Å²) in [5.41, 5.74) is 1.31. The van der Waals surface area contributed by atoms with Crippen molar-refractivity contribution in [3.05, 3.63) is 59.2 Å². The van der Waals surface area contributed by atoms with Gasteiger partial charge >= 0.3 is 12.1 Å². The number of hydrogen-bond acceptors (Lipinski definition) is 5. The summed E-state index contributed by atoms with van der Waals surface area (Å²) in [6.07, 6.45) is 1.08. The number of anilines is 1. The Labute approximate surface area is 173 Å². The van der Waals surface area contributed by atoms with Crippen molar-refractivity contribution in [3.63, 3.8) is 0 Å². The Morgan fingerprint density at radius 2 is 1.90 bits per heavy atom. The fraction of sp³-hybridized carbons (Fsp3) is 0.286. The third-order valence-electron chi connectivity index (χ3n) is 3.80. The van der Waals surface area contributed by atoms with Crippen LogP contribution in [-0.4, -0.2) is 27.4 Å². The number of aromatic nitrogens is 2. The summed E-state index contributed by atoms with van der Waals surface area (Å²) < 4.78 is 12.0. The number of halogens is 1. The van der Waals surface area contributed by atoms with Crippen LogP contribution < -0.4 is 5.32 Å². The molecule has 0 bridgehead atoms. The fourth-order valence-electron chi connectivity index (χ4n) is 2.65. The van der Waals surface area contributed by atoms with Crippen LogP contribution >= 0.6 is 11.6 Å². The van der Waals surface area contributed by atoms with Crippen LogP contribution in [0.3, 0.4) is 0 Å². The molecule has 0 saturated carbocycles. The van der Waals surface area contributed by atoms with Crippen LogP contribution in [0.25, 0.3) is 10.9 Å². The van der Waals surface area contributed by atoms with Crippen LogP contribution in [0.5, 0.6) is 0 Å². The molecule has 3 aromatic rings. The van der Waals surface area contributed by atoms with Gasteiger partial charge in [0.2, 0.25) is 0 Å². The van der Waals surface area contributed by atoms with Gasteiger partial charge in [-0.25, -0.2) is 4.79 Å². The number of esters is 1. The van der Waals surface area contributed by atoms with Gasteiger partial charge in [-0.3, -0.25) is 14.8 Å². The lowest BCUT2D eigenvalue weighted by Crippen LogP contribution is -2.26. The highest BCUT2D eigenvalue weighted by Gasteiger charge is 2.17. The zero-order chi connectivity index (χ0) is 21.0. The van der Waals surface area contributed by atoms with E-state index in [1.165, 1.54) is 4.68 Å². The lowest BCUT2D eigenvalue weighted by Gasteiger charge is -2.19. The van der Waals surface area contributed by atoms with Crippen LogP contribution in [0.4, 0.5) is 10.5 Å². The van der Waals surface area contributed by atoms with Crippen molar-refractivity contribution in [2.24, 2.45) is 0 Å². The number of ether oxygens (including phenoxy) is 2. The predicted molar refractivity (Wildman–Crippen MR) is 111 cm³/mol. The molecule has 2 aromatic carbocycles. The van der Waals surface area contributed by atoms with Crippen LogP contribution in [0.15, 0.2) is 48.7 Å². The number of rotatable bonds is 5. The van der Waals surface area contributed by atoms with Gasteiger partial charge in [0.25, 0.3) is 0 Å². The zero-order valence-electron chi connectivity index (χ0n) is 16.4. The number of nitrogens with zero attached hydrogens (tertiary/aromatic N) is 2. The maximum Gasteiger partial charge on any atom is 0.412 e. The first kappa shape index (κ1) is 20.7. The van der Waals surface area contributed by atoms with E-state index in [0.717, 1.165) is 10.9 Å². The average molecular weight is 416 g/mol. The molecule has 29 heavy (non-hydrogen) atoms. The van der Waals surface area contributed by atoms with Crippen molar-refractivity contribution in [1.29, 1.82) is 0 Å². The van der Waals surface area contributed by atoms with Gasteiger partial charge in [0, 0.05) is 11.6 Å². The maximum atomic E-state index is 12.1. The van der Waals surface area contributed by atoms with E-state index in [1.807, 2.05) is 30.3 Å². The molecular weight excluding hydrogens is 394 g/mol. The summed E-state index contributed by atoms with van der Waals surface area (Å²) >= 11 is 6.26. The van der Waals surface area contributed by atoms with Gasteiger partial charge in [-0.05, 0) is 38.5 Å². The van der Waals surface area contributed by atoms with E-state index in [9.17, 15) is 9.59 Å². The van der Waals surface area contributed by atoms with E-state index in [1.54, 1.807) is 39.1 Å². The molecule has 1 aromatic heterocycles. The Balaban J connectivity index is 1.67. The van der Waals surface area contributed by atoms with Crippen LogP contribution in [0, 0.1) is 0 Å². The largest absolute Gasteiger partial charge is 0.459 e. The highest BCUT2D eigenvalue weighted by molar-refractivity contribution is 6.34. The van der Waals surface area contributed by atoms with Crippen molar-refractivity contribution in [2.75, 3.05) is 5.32 Å². The number of hydrogen-bond donors (Lipinski definition) is 1. The topological polar surface area (TPSA) is 82.5 Å². The van der Waals surface area contributed by atoms with Crippen LogP contribution in [-0.2, 0) is 27.4 Å². The SMILES string of the molecule is CC(C)(C)OC(=O)Cn1cc2cc(NC(=O)OCc3ccccc3)c(Cl)cc2n1. The van der Waals surface area contributed by atoms with Gasteiger partial charge in [-0.1, -0.05) is 41.9 Å². The Hall–Kier alpha value is -3.06. The highest BCUT2D eigenvalue weighted by Crippen LogP contribution is 2.28. The van der Waals surface area contributed by atoms with Gasteiger partial charge in [0.05, 0.1) is 16.2 Å². The lowest BCUT2D eigenvalue weighted by molar-refractivity contribution is -0.155. The van der Waals surface area contributed by atoms with Gasteiger partial charge in [-0.15, -0.1) is 0 Å². The molecule has 1 amide bonds. The maximum absolute atomic E-state index is 12.1. The molecule has 7 nitrogen and oxygen atoms in total. The van der Waals surface area contributed by atoms with Crippen LogP contribution in [0.1, 0.15) is 26.3 Å². The number of carbonyl (C=O) groups excluding carboxylic acids is 2. The second kappa shape index (κ2) is 8.53. The van der Waals surface area contributed by atoms with Crippen molar-refractivity contribution in [3.8, 4) is 0 Å². The molecule has 0 aliphatic carbocycles. The molecular formula is C21H22ClN3O4. The molecule has 0 unspecified atom stereocenters. The molecule has 0 saturated heterocycles. The lowest BCUT2D eigenvalue weighted by atomic mass is 10.2. The summed E-state index contributed by atoms with van der Waals surface area (Å²) in [6, 6.07) is 12.7. The Bertz CT molecular complexity index is 1030. The Kier molecular flexibility index (Phi) is 6.08. The van der Waals surface area contributed by atoms with E-state index in [2.05, 4.69) is 10.4 Å². The van der Waals surface area contributed by atoms with Gasteiger partial charge < -0.3 is 9.47 Å². The second-order valence-electron chi connectivity index (χ2n) is 7.49. The molecule has 3 rings (SSSR count). The zero-order valence-corrected chi connectivity index (χ0v) is 17.2. The first-order valence-electron chi connectivity index (χ1n) is 9.06. The fourth-order valence-corrected chi connectivity index (χ4v) is 2.85. The molecule has 0 aliphatic rings. The minimum Gasteiger partial charge on any atom is -0.459 e. The standard InChI is InChI=1S/C21H22ClN3O4/c1-21(2,3)29-19(26)12-25-11-15-9-18(16(22)10-17(15)24-25)23-20(27)28-13-14-7-5-4-6-8-14/h4-11H,12-13H2,1-3H3,(H,23,27). The van der Waals surface area contributed by atoms with Gasteiger partial charge in [0.1, 0.15) is 18.8 Å². The minimum atomic E-state index is -0.615. The molecule has 0 fully saturated rings.